The molecule has 0 saturated heterocycles. The molecule has 0 bridgehead atoms. The Bertz CT molecular complexity index is 1190. The van der Waals surface area contributed by atoms with Crippen molar-refractivity contribution >= 4 is 28.8 Å². The van der Waals surface area contributed by atoms with E-state index in [2.05, 4.69) is 15.0 Å². The Hall–Kier alpha value is -3.42. The Morgan fingerprint density at radius 2 is 2.00 bits per heavy atom. The molecular weight excluding hydrogens is 350 g/mol. The molecule has 2 aromatic heterocycles. The fourth-order valence-corrected chi connectivity index (χ4v) is 3.18. The summed E-state index contributed by atoms with van der Waals surface area (Å²) in [7, 11) is 0. The van der Waals surface area contributed by atoms with E-state index < -0.39 is 11.6 Å². The Morgan fingerprint density at radius 3 is 2.74 bits per heavy atom. The number of ether oxygens (including phenoxy) is 2. The van der Waals surface area contributed by atoms with Crippen molar-refractivity contribution in [3.8, 4) is 11.5 Å². The van der Waals surface area contributed by atoms with Crippen LogP contribution in [0, 0.1) is 20.8 Å². The molecule has 0 unspecified atom stereocenters. The average Bonchev–Trinajstić information content (AvgIpc) is 3.12. The van der Waals surface area contributed by atoms with Gasteiger partial charge < -0.3 is 18.9 Å². The van der Waals surface area contributed by atoms with E-state index in [-0.39, 0.29) is 23.7 Å². The molecule has 0 spiro atoms. The second-order valence-corrected chi connectivity index (χ2v) is 6.41. The number of carbonyl (C=O) groups excluding carboxylic acids is 1. The fourth-order valence-electron chi connectivity index (χ4n) is 3.18. The SMILES string of the molecule is CC(=O)Oc1c(C)c(C)c2c(c1C)C=C(c1nc3nc[nH]c3c(=O)o1)CO2. The lowest BCUT2D eigenvalue weighted by molar-refractivity contribution is -0.131. The predicted octanol–water partition coefficient (Wildman–Crippen LogP) is 2.69. The van der Waals surface area contributed by atoms with Gasteiger partial charge in [-0.1, -0.05) is 0 Å². The van der Waals surface area contributed by atoms with Crippen molar-refractivity contribution < 1.29 is 18.7 Å². The molecule has 1 aliphatic heterocycles. The summed E-state index contributed by atoms with van der Waals surface area (Å²) >= 11 is 0. The monoisotopic (exact) mass is 367 g/mol. The number of carbonyl (C=O) groups is 1. The van der Waals surface area contributed by atoms with Crippen LogP contribution in [-0.4, -0.2) is 27.5 Å². The van der Waals surface area contributed by atoms with E-state index >= 15 is 0 Å². The van der Waals surface area contributed by atoms with Gasteiger partial charge in [-0.25, -0.2) is 9.78 Å². The van der Waals surface area contributed by atoms with Gasteiger partial charge in [0.25, 0.3) is 0 Å². The third kappa shape index (κ3) is 2.69. The molecule has 1 aliphatic rings. The van der Waals surface area contributed by atoms with Gasteiger partial charge in [0, 0.05) is 18.1 Å². The minimum absolute atomic E-state index is 0.150. The largest absolute Gasteiger partial charge is 0.488 e. The smallest absolute Gasteiger partial charge is 0.365 e. The van der Waals surface area contributed by atoms with Crippen LogP contribution < -0.4 is 15.1 Å². The Morgan fingerprint density at radius 1 is 1.22 bits per heavy atom. The van der Waals surface area contributed by atoms with Crippen molar-refractivity contribution in [3.05, 3.63) is 44.9 Å². The van der Waals surface area contributed by atoms with E-state index in [0.717, 1.165) is 22.3 Å². The highest BCUT2D eigenvalue weighted by Gasteiger charge is 2.25. The maximum Gasteiger partial charge on any atom is 0.365 e. The molecular formula is C19H17N3O5. The summed E-state index contributed by atoms with van der Waals surface area (Å²) in [5, 5.41) is 0. The van der Waals surface area contributed by atoms with Crippen molar-refractivity contribution in [2.45, 2.75) is 27.7 Å². The lowest BCUT2D eigenvalue weighted by Crippen LogP contribution is -2.14. The van der Waals surface area contributed by atoms with Crippen LogP contribution in [0.15, 0.2) is 15.5 Å². The standard InChI is InChI=1S/C19H17N3O5/c1-8-9(2)16-13(10(3)15(8)26-11(4)23)5-12(6-25-16)18-22-17-14(19(24)27-18)20-7-21-17/h5,7H,6H2,1-4H3,(H,20,21). The molecule has 27 heavy (non-hydrogen) atoms. The zero-order valence-corrected chi connectivity index (χ0v) is 15.3. The van der Waals surface area contributed by atoms with Crippen molar-refractivity contribution in [3.63, 3.8) is 0 Å². The molecule has 0 fully saturated rings. The number of rotatable bonds is 2. The topological polar surface area (TPSA) is 107 Å². The first-order chi connectivity index (χ1) is 12.9. The van der Waals surface area contributed by atoms with E-state index in [1.807, 2.05) is 26.8 Å². The number of fused-ring (bicyclic) bond motifs is 2. The lowest BCUT2D eigenvalue weighted by Gasteiger charge is -2.24. The highest BCUT2D eigenvalue weighted by atomic mass is 16.5. The van der Waals surface area contributed by atoms with Gasteiger partial charge in [-0.2, -0.15) is 4.98 Å². The molecule has 8 nitrogen and oxygen atoms in total. The molecule has 138 valence electrons. The summed E-state index contributed by atoms with van der Waals surface area (Å²) in [4.78, 5) is 34.6. The van der Waals surface area contributed by atoms with E-state index in [9.17, 15) is 9.59 Å². The summed E-state index contributed by atoms with van der Waals surface area (Å²) in [6.07, 6.45) is 3.23. The van der Waals surface area contributed by atoms with Gasteiger partial charge in [0.05, 0.1) is 11.9 Å². The summed E-state index contributed by atoms with van der Waals surface area (Å²) in [6, 6.07) is 0. The van der Waals surface area contributed by atoms with Gasteiger partial charge in [0.15, 0.2) is 11.2 Å². The number of aromatic amines is 1. The Kier molecular flexibility index (Phi) is 3.83. The number of nitrogens with one attached hydrogen (secondary N) is 1. The zero-order chi connectivity index (χ0) is 19.3. The second kappa shape index (κ2) is 6.08. The first kappa shape index (κ1) is 17.0. The van der Waals surface area contributed by atoms with E-state index in [1.54, 1.807) is 0 Å². The minimum Gasteiger partial charge on any atom is -0.488 e. The number of benzene rings is 1. The first-order valence-electron chi connectivity index (χ1n) is 8.37. The van der Waals surface area contributed by atoms with Crippen LogP contribution in [-0.2, 0) is 4.79 Å². The third-order valence-corrected chi connectivity index (χ3v) is 4.66. The van der Waals surface area contributed by atoms with Crippen LogP contribution in [0.2, 0.25) is 0 Å². The highest BCUT2D eigenvalue weighted by molar-refractivity contribution is 5.87. The zero-order valence-electron chi connectivity index (χ0n) is 15.3. The number of aromatic nitrogens is 3. The maximum absolute atomic E-state index is 12.1. The van der Waals surface area contributed by atoms with E-state index in [0.29, 0.717) is 17.1 Å². The van der Waals surface area contributed by atoms with Crippen LogP contribution >= 0.6 is 0 Å². The third-order valence-electron chi connectivity index (χ3n) is 4.66. The molecule has 0 atom stereocenters. The van der Waals surface area contributed by atoms with Gasteiger partial charge in [0.1, 0.15) is 18.1 Å². The predicted molar refractivity (Wildman–Crippen MR) is 97.8 cm³/mol. The molecule has 4 rings (SSSR count). The number of nitrogens with zero attached hydrogens (tertiary/aromatic N) is 2. The van der Waals surface area contributed by atoms with Crippen molar-refractivity contribution in [2.24, 2.45) is 0 Å². The van der Waals surface area contributed by atoms with Gasteiger partial charge in [-0.15, -0.1) is 0 Å². The Labute approximate surface area is 153 Å². The van der Waals surface area contributed by atoms with Crippen LogP contribution in [0.1, 0.15) is 35.1 Å². The molecule has 3 heterocycles. The van der Waals surface area contributed by atoms with Crippen LogP contribution in [0.3, 0.4) is 0 Å². The fraction of sp³-hybridized carbons (Fsp3) is 0.263. The number of imidazole rings is 1. The molecule has 1 N–H and O–H groups in total. The van der Waals surface area contributed by atoms with Crippen molar-refractivity contribution in [1.29, 1.82) is 0 Å². The van der Waals surface area contributed by atoms with Crippen LogP contribution in [0.5, 0.6) is 11.5 Å². The van der Waals surface area contributed by atoms with Gasteiger partial charge in [-0.3, -0.25) is 4.79 Å². The average molecular weight is 367 g/mol. The van der Waals surface area contributed by atoms with Crippen LogP contribution in [0.4, 0.5) is 0 Å². The molecule has 3 aromatic rings. The van der Waals surface area contributed by atoms with Crippen LogP contribution in [0.25, 0.3) is 22.8 Å². The first-order valence-corrected chi connectivity index (χ1v) is 8.37. The van der Waals surface area contributed by atoms with Gasteiger partial charge >= 0.3 is 11.6 Å². The van der Waals surface area contributed by atoms with Gasteiger partial charge in [0.2, 0.25) is 5.89 Å². The van der Waals surface area contributed by atoms with Gasteiger partial charge in [-0.05, 0) is 38.0 Å². The number of hydrogen-bond acceptors (Lipinski definition) is 7. The Balaban J connectivity index is 1.90. The second-order valence-electron chi connectivity index (χ2n) is 6.41. The summed E-state index contributed by atoms with van der Waals surface area (Å²) < 4.78 is 16.7. The van der Waals surface area contributed by atoms with Crippen molar-refractivity contribution in [1.82, 2.24) is 15.0 Å². The van der Waals surface area contributed by atoms with E-state index in [1.165, 1.54) is 13.3 Å². The summed E-state index contributed by atoms with van der Waals surface area (Å²) in [5.74, 6) is 0.986. The molecule has 0 radical (unpaired) electrons. The highest BCUT2D eigenvalue weighted by Crippen LogP contribution is 2.42. The molecule has 0 saturated carbocycles. The molecule has 1 aromatic carbocycles. The number of hydrogen-bond donors (Lipinski definition) is 1. The maximum atomic E-state index is 12.1. The number of esters is 1. The molecule has 0 amide bonds. The minimum atomic E-state index is -0.545. The van der Waals surface area contributed by atoms with E-state index in [4.69, 9.17) is 13.9 Å². The number of H-pyrrole nitrogens is 1. The summed E-state index contributed by atoms with van der Waals surface area (Å²) in [5.41, 5.74) is 3.83. The normalized spacial score (nSPS) is 13.1. The summed E-state index contributed by atoms with van der Waals surface area (Å²) in [6.45, 7) is 7.21. The molecule has 8 heteroatoms. The quantitative estimate of drug-likeness (QED) is 0.548. The molecule has 0 aliphatic carbocycles. The van der Waals surface area contributed by atoms with Crippen molar-refractivity contribution in [2.75, 3.05) is 6.61 Å². The lowest BCUT2D eigenvalue weighted by atomic mass is 9.94.